The first-order valence-corrected chi connectivity index (χ1v) is 15.5. The van der Waals surface area contributed by atoms with Crippen LogP contribution in [0.3, 0.4) is 0 Å². The number of nitrogens with zero attached hydrogens (tertiary/aromatic N) is 1. The van der Waals surface area contributed by atoms with Crippen molar-refractivity contribution in [2.45, 2.75) is 25.9 Å². The number of amides is 2. The number of anilines is 1. The third-order valence-corrected chi connectivity index (χ3v) is 10.3. The first kappa shape index (κ1) is 31.4. The molecule has 9 nitrogen and oxygen atoms in total. The summed E-state index contributed by atoms with van der Waals surface area (Å²) in [5.74, 6) is -3.66. The number of ether oxygens (including phenoxy) is 3. The van der Waals surface area contributed by atoms with E-state index in [4.69, 9.17) is 60.6 Å². The lowest BCUT2D eigenvalue weighted by Crippen LogP contribution is -2.29. The number of benzene rings is 3. The third kappa shape index (κ3) is 4.79. The van der Waals surface area contributed by atoms with Crippen LogP contribution in [-0.2, 0) is 35.8 Å². The molecule has 2 atom stereocenters. The van der Waals surface area contributed by atoms with E-state index in [2.05, 4.69) is 0 Å². The van der Waals surface area contributed by atoms with Gasteiger partial charge in [-0.05, 0) is 55.2 Å². The molecule has 1 aliphatic heterocycles. The molecule has 2 saturated carbocycles. The minimum atomic E-state index is -0.732. The van der Waals surface area contributed by atoms with Crippen molar-refractivity contribution in [1.82, 2.24) is 0 Å². The quantitative estimate of drug-likeness (QED) is 0.0801. The van der Waals surface area contributed by atoms with E-state index in [1.807, 2.05) is 12.1 Å². The summed E-state index contributed by atoms with van der Waals surface area (Å²) in [7, 11) is 0. The summed E-state index contributed by atoms with van der Waals surface area (Å²) in [6, 6.07) is 12.9. The van der Waals surface area contributed by atoms with Crippen molar-refractivity contribution in [2.24, 2.45) is 17.8 Å². The van der Waals surface area contributed by atoms with E-state index in [9.17, 15) is 24.0 Å². The van der Waals surface area contributed by atoms with Crippen molar-refractivity contribution >= 4 is 81.8 Å². The van der Waals surface area contributed by atoms with Gasteiger partial charge in [0.15, 0.2) is 0 Å². The minimum Gasteiger partial charge on any atom is -0.466 e. The molecule has 0 aromatic heterocycles. The normalized spacial score (nSPS) is 22.4. The maximum Gasteiger partial charge on any atom is 0.338 e. The molecule has 0 unspecified atom stereocenters. The predicted octanol–water partition coefficient (Wildman–Crippen LogP) is 6.70. The van der Waals surface area contributed by atoms with Crippen molar-refractivity contribution < 1.29 is 38.2 Å². The molecule has 3 aromatic rings. The average molecular weight is 691 g/mol. The largest absolute Gasteiger partial charge is 0.466 e. The van der Waals surface area contributed by atoms with Gasteiger partial charge >= 0.3 is 17.9 Å². The lowest BCUT2D eigenvalue weighted by molar-refractivity contribution is -0.151. The summed E-state index contributed by atoms with van der Waals surface area (Å²) < 4.78 is 15.9. The fourth-order valence-electron chi connectivity index (χ4n) is 6.29. The molecule has 2 amide bonds. The smallest absolute Gasteiger partial charge is 0.338 e. The maximum atomic E-state index is 13.1. The van der Waals surface area contributed by atoms with Crippen molar-refractivity contribution in [3.63, 3.8) is 0 Å². The molecule has 0 spiro atoms. The standard InChI is InChI=1S/C32H23Cl4NO8/c1-3-43-30(41)21-20-22(31(42)44-4-2)32(20,21)16-9-5-14(6-10-16)13-45-29(40)15-7-11-17(12-8-15)37-27(38)18-19(28(37)39)24(34)26(36)25(35)23(18)33/h5-12,20-22H,3-4,13H2,1-2H3/t20?,21-,22-,32?/m0/s1. The van der Waals surface area contributed by atoms with Crippen LogP contribution in [0.2, 0.25) is 20.1 Å². The van der Waals surface area contributed by atoms with Crippen LogP contribution in [0.25, 0.3) is 0 Å². The van der Waals surface area contributed by atoms with E-state index in [1.54, 1.807) is 26.0 Å². The van der Waals surface area contributed by atoms with E-state index in [0.29, 0.717) is 5.56 Å². The number of halogens is 4. The summed E-state index contributed by atoms with van der Waals surface area (Å²) in [6.45, 7) is 3.94. The highest BCUT2D eigenvalue weighted by atomic mass is 35.5. The Morgan fingerprint density at radius 1 is 0.711 bits per heavy atom. The van der Waals surface area contributed by atoms with Crippen LogP contribution in [-0.4, -0.2) is 42.9 Å². The molecule has 13 heteroatoms. The fraction of sp³-hybridized carbons (Fsp3) is 0.281. The molecule has 0 N–H and O–H groups in total. The van der Waals surface area contributed by atoms with Crippen molar-refractivity contribution in [3.8, 4) is 0 Å². The molecule has 2 aliphatic carbocycles. The Hall–Kier alpha value is -3.63. The molecule has 2 fully saturated rings. The van der Waals surface area contributed by atoms with Gasteiger partial charge in [-0.1, -0.05) is 70.7 Å². The number of carbonyl (C=O) groups is 5. The number of rotatable bonds is 9. The number of imide groups is 1. The molecule has 1 heterocycles. The lowest BCUT2D eigenvalue weighted by atomic mass is 9.89. The first-order valence-electron chi connectivity index (χ1n) is 13.9. The van der Waals surface area contributed by atoms with Gasteiger partial charge < -0.3 is 14.2 Å². The molecule has 6 rings (SSSR count). The highest BCUT2D eigenvalue weighted by Gasteiger charge is 2.92. The van der Waals surface area contributed by atoms with Crippen LogP contribution in [0.5, 0.6) is 0 Å². The molecule has 232 valence electrons. The van der Waals surface area contributed by atoms with Gasteiger partial charge in [-0.15, -0.1) is 0 Å². The zero-order valence-corrected chi connectivity index (χ0v) is 26.7. The van der Waals surface area contributed by atoms with Crippen LogP contribution in [0, 0.1) is 17.8 Å². The lowest BCUT2D eigenvalue weighted by Gasteiger charge is -2.18. The zero-order valence-electron chi connectivity index (χ0n) is 23.7. The van der Waals surface area contributed by atoms with Gasteiger partial charge in [-0.2, -0.15) is 0 Å². The Balaban J connectivity index is 1.11. The zero-order chi connectivity index (χ0) is 32.4. The predicted molar refractivity (Wildman–Crippen MR) is 165 cm³/mol. The van der Waals surface area contributed by atoms with E-state index in [-0.39, 0.29) is 92.0 Å². The van der Waals surface area contributed by atoms with E-state index in [1.165, 1.54) is 24.3 Å². The minimum absolute atomic E-state index is 0.0448. The number of esters is 3. The Morgan fingerprint density at radius 3 is 1.67 bits per heavy atom. The molecule has 45 heavy (non-hydrogen) atoms. The van der Waals surface area contributed by atoms with E-state index in [0.717, 1.165) is 10.5 Å². The van der Waals surface area contributed by atoms with E-state index < -0.39 is 23.2 Å². The number of fused-ring (bicyclic) bond motifs is 2. The van der Waals surface area contributed by atoms with Crippen molar-refractivity contribution in [2.75, 3.05) is 18.1 Å². The average Bonchev–Trinajstić information content (AvgIpc) is 3.88. The second-order valence-electron chi connectivity index (χ2n) is 10.7. The summed E-state index contributed by atoms with van der Waals surface area (Å²) in [6.07, 6.45) is 0. The topological polar surface area (TPSA) is 116 Å². The van der Waals surface area contributed by atoms with Gasteiger partial charge in [-0.3, -0.25) is 19.2 Å². The van der Waals surface area contributed by atoms with Crippen molar-refractivity contribution in [3.05, 3.63) is 96.4 Å². The Kier molecular flexibility index (Phi) is 8.10. The molecule has 3 aromatic carbocycles. The summed E-state index contributed by atoms with van der Waals surface area (Å²) in [5.41, 5.74) is 0.951. The SMILES string of the molecule is CCOC(=O)[C@@H]1C2[C@@H](C(=O)OCC)C21c1ccc(COC(=O)c2ccc(N3C(=O)c4c(Cl)c(Cl)c(Cl)c(Cl)c4C3=O)cc2)cc1. The number of carbonyl (C=O) groups excluding carboxylic acids is 5. The molecular weight excluding hydrogens is 668 g/mol. The van der Waals surface area contributed by atoms with Gasteiger partial charge in [0.1, 0.15) is 6.61 Å². The van der Waals surface area contributed by atoms with Crippen LogP contribution in [0.1, 0.15) is 56.0 Å². The van der Waals surface area contributed by atoms with Gasteiger partial charge in [-0.25, -0.2) is 9.69 Å². The molecule has 0 radical (unpaired) electrons. The number of hydrogen-bond donors (Lipinski definition) is 0. The first-order chi connectivity index (χ1) is 21.5. The molecular formula is C32H23Cl4NO8. The Labute approximate surface area is 277 Å². The highest BCUT2D eigenvalue weighted by molar-refractivity contribution is 6.56. The monoisotopic (exact) mass is 689 g/mol. The summed E-state index contributed by atoms with van der Waals surface area (Å²) in [5, 5.41) is -0.630. The Morgan fingerprint density at radius 2 is 1.20 bits per heavy atom. The second-order valence-corrected chi connectivity index (χ2v) is 12.2. The fourth-order valence-corrected chi connectivity index (χ4v) is 7.30. The number of hydrogen-bond acceptors (Lipinski definition) is 8. The van der Waals surface area contributed by atoms with Gasteiger partial charge in [0, 0.05) is 5.41 Å². The van der Waals surface area contributed by atoms with Crippen LogP contribution in [0.15, 0.2) is 48.5 Å². The second kappa shape index (κ2) is 11.6. The highest BCUT2D eigenvalue weighted by Crippen LogP contribution is 2.84. The Bertz CT molecular complexity index is 1720. The van der Waals surface area contributed by atoms with Gasteiger partial charge in [0.25, 0.3) is 11.8 Å². The van der Waals surface area contributed by atoms with Crippen LogP contribution >= 0.6 is 46.4 Å². The molecule has 0 bridgehead atoms. The maximum absolute atomic E-state index is 13.1. The third-order valence-electron chi connectivity index (χ3n) is 8.45. The molecule has 3 aliphatic rings. The van der Waals surface area contributed by atoms with Crippen LogP contribution in [0.4, 0.5) is 5.69 Å². The molecule has 0 saturated heterocycles. The summed E-state index contributed by atoms with van der Waals surface area (Å²) >= 11 is 24.6. The van der Waals surface area contributed by atoms with Gasteiger partial charge in [0.05, 0.1) is 67.5 Å². The van der Waals surface area contributed by atoms with Gasteiger partial charge in [0.2, 0.25) is 0 Å². The summed E-state index contributed by atoms with van der Waals surface area (Å²) in [4.78, 5) is 64.8. The van der Waals surface area contributed by atoms with Crippen LogP contribution < -0.4 is 4.90 Å². The van der Waals surface area contributed by atoms with E-state index >= 15 is 0 Å². The van der Waals surface area contributed by atoms with Crippen molar-refractivity contribution in [1.29, 1.82) is 0 Å².